The Bertz CT molecular complexity index is 583. The van der Waals surface area contributed by atoms with Crippen molar-refractivity contribution < 1.29 is 49.1 Å². The minimum absolute atomic E-state index is 0.457. The zero-order chi connectivity index (χ0) is 20.2. The monoisotopic (exact) mass is 362 g/mol. The summed E-state index contributed by atoms with van der Waals surface area (Å²) in [4.78, 5) is 60.1. The summed E-state index contributed by atoms with van der Waals surface area (Å²) in [7, 11) is 0. The van der Waals surface area contributed by atoms with Crippen molar-refractivity contribution in [3.05, 3.63) is 0 Å². The van der Waals surface area contributed by atoms with Crippen LogP contribution in [0.25, 0.3) is 0 Å². The summed E-state index contributed by atoms with van der Waals surface area (Å²) >= 11 is 0. The molecule has 0 fully saturated rings. The van der Waals surface area contributed by atoms with Crippen molar-refractivity contribution in [1.82, 2.24) is 0 Å². The molecule has 0 aliphatic carbocycles. The fraction of sp³-hybridized carbons (Fsp3) is 0.667. The Morgan fingerprint density at radius 3 is 1.76 bits per heavy atom. The van der Waals surface area contributed by atoms with Gasteiger partial charge in [-0.05, 0) is 13.8 Å². The van der Waals surface area contributed by atoms with Gasteiger partial charge in [0.15, 0.2) is 11.6 Å². The Hall–Kier alpha value is -2.01. The number of aliphatic hydroxyl groups is 4. The molecular formula is C15H22O10. The first-order valence-electron chi connectivity index (χ1n) is 7.33. The lowest BCUT2D eigenvalue weighted by molar-refractivity contribution is -0.226. The molecular weight excluding hydrogens is 340 g/mol. The van der Waals surface area contributed by atoms with Crippen molar-refractivity contribution in [2.45, 2.75) is 57.5 Å². The standard InChI is InChI=1S/C15H22O10/c1-5-10(20)13(23)15(8(3)18,25-9(4)19)14(24,7(2)17)12(22)11(21)6-16/h11-12,16,21-22,24H,5-6H2,1-4H3/t11-,12-,14+,15+/m1/s1. The summed E-state index contributed by atoms with van der Waals surface area (Å²) in [5, 5.41) is 39.4. The van der Waals surface area contributed by atoms with E-state index in [1.54, 1.807) is 0 Å². The summed E-state index contributed by atoms with van der Waals surface area (Å²) < 4.78 is 4.64. The molecule has 0 aliphatic rings. The second-order valence-corrected chi connectivity index (χ2v) is 5.45. The summed E-state index contributed by atoms with van der Waals surface area (Å²) in [6.07, 6.45) is -5.26. The van der Waals surface area contributed by atoms with Gasteiger partial charge >= 0.3 is 5.97 Å². The first-order valence-corrected chi connectivity index (χ1v) is 7.33. The average molecular weight is 362 g/mol. The van der Waals surface area contributed by atoms with Crippen LogP contribution < -0.4 is 0 Å². The molecule has 0 unspecified atom stereocenters. The van der Waals surface area contributed by atoms with E-state index < -0.39 is 65.5 Å². The molecule has 4 atom stereocenters. The minimum atomic E-state index is -3.51. The van der Waals surface area contributed by atoms with Gasteiger partial charge in [-0.1, -0.05) is 6.92 Å². The molecule has 0 bridgehead atoms. The van der Waals surface area contributed by atoms with Crippen LogP contribution in [0.2, 0.25) is 0 Å². The number of carbonyl (C=O) groups excluding carboxylic acids is 5. The molecule has 0 aromatic carbocycles. The van der Waals surface area contributed by atoms with E-state index in [0.29, 0.717) is 13.8 Å². The maximum atomic E-state index is 12.5. The molecule has 4 N–H and O–H groups in total. The fourth-order valence-electron chi connectivity index (χ4n) is 2.41. The second kappa shape index (κ2) is 8.39. The minimum Gasteiger partial charge on any atom is -0.439 e. The van der Waals surface area contributed by atoms with Gasteiger partial charge in [0, 0.05) is 13.3 Å². The maximum Gasteiger partial charge on any atom is 0.304 e. The number of aliphatic hydroxyl groups excluding tert-OH is 3. The third-order valence-corrected chi connectivity index (χ3v) is 3.74. The molecule has 0 spiro atoms. The van der Waals surface area contributed by atoms with Gasteiger partial charge in [0.25, 0.3) is 11.4 Å². The molecule has 142 valence electrons. The van der Waals surface area contributed by atoms with Crippen LogP contribution in [0.4, 0.5) is 0 Å². The van der Waals surface area contributed by atoms with Crippen molar-refractivity contribution in [3.63, 3.8) is 0 Å². The number of ether oxygens (including phenoxy) is 1. The van der Waals surface area contributed by atoms with Gasteiger partial charge in [0.2, 0.25) is 11.4 Å². The van der Waals surface area contributed by atoms with E-state index in [2.05, 4.69) is 4.74 Å². The van der Waals surface area contributed by atoms with E-state index in [4.69, 9.17) is 5.11 Å². The van der Waals surface area contributed by atoms with E-state index in [-0.39, 0.29) is 0 Å². The molecule has 0 aromatic rings. The maximum absolute atomic E-state index is 12.5. The number of hydrogen-bond acceptors (Lipinski definition) is 10. The lowest BCUT2D eigenvalue weighted by Gasteiger charge is -2.44. The molecule has 0 aliphatic heterocycles. The highest BCUT2D eigenvalue weighted by molar-refractivity contribution is 6.46. The van der Waals surface area contributed by atoms with Crippen molar-refractivity contribution in [2.75, 3.05) is 6.61 Å². The zero-order valence-corrected chi connectivity index (χ0v) is 14.3. The topological polar surface area (TPSA) is 175 Å². The molecule has 0 saturated carbocycles. The first kappa shape index (κ1) is 23.0. The summed E-state index contributed by atoms with van der Waals surface area (Å²) in [5.74, 6) is -7.17. The van der Waals surface area contributed by atoms with Crippen LogP contribution in [-0.4, -0.2) is 79.5 Å². The second-order valence-electron chi connectivity index (χ2n) is 5.45. The van der Waals surface area contributed by atoms with Crippen LogP contribution in [0, 0.1) is 0 Å². The van der Waals surface area contributed by atoms with Crippen LogP contribution >= 0.6 is 0 Å². The van der Waals surface area contributed by atoms with Gasteiger partial charge < -0.3 is 25.2 Å². The predicted molar refractivity (Wildman–Crippen MR) is 80.2 cm³/mol. The molecule has 0 rings (SSSR count). The SMILES string of the molecule is CCC(=O)C(=O)[C@@](OC(C)=O)(C(C)=O)[C@](O)(C(C)=O)[C@H](O)[C@H](O)CO. The van der Waals surface area contributed by atoms with Crippen molar-refractivity contribution in [1.29, 1.82) is 0 Å². The Labute approximate surface area is 143 Å². The quantitative estimate of drug-likeness (QED) is 0.184. The summed E-state index contributed by atoms with van der Waals surface area (Å²) in [6, 6.07) is 0. The Morgan fingerprint density at radius 2 is 1.48 bits per heavy atom. The normalized spacial score (nSPS) is 18.2. The van der Waals surface area contributed by atoms with Crippen molar-refractivity contribution in [3.8, 4) is 0 Å². The van der Waals surface area contributed by atoms with Gasteiger partial charge in [-0.2, -0.15) is 0 Å². The fourth-order valence-corrected chi connectivity index (χ4v) is 2.41. The van der Waals surface area contributed by atoms with Crippen molar-refractivity contribution >= 4 is 29.1 Å². The number of Topliss-reactive ketones (excluding diaryl/α,β-unsaturated/α-hetero) is 4. The lowest BCUT2D eigenvalue weighted by Crippen LogP contribution is -2.76. The Balaban J connectivity index is 6.92. The molecule has 0 amide bonds. The number of ketones is 4. The number of esters is 1. The van der Waals surface area contributed by atoms with Crippen LogP contribution in [0.3, 0.4) is 0 Å². The third kappa shape index (κ3) is 3.82. The van der Waals surface area contributed by atoms with Crippen molar-refractivity contribution in [2.24, 2.45) is 0 Å². The largest absolute Gasteiger partial charge is 0.439 e. The highest BCUT2D eigenvalue weighted by Gasteiger charge is 2.70. The van der Waals surface area contributed by atoms with E-state index in [0.717, 1.165) is 6.92 Å². The van der Waals surface area contributed by atoms with Crippen LogP contribution in [-0.2, 0) is 28.7 Å². The van der Waals surface area contributed by atoms with E-state index in [1.165, 1.54) is 6.92 Å². The molecule has 10 heteroatoms. The van der Waals surface area contributed by atoms with E-state index >= 15 is 0 Å². The van der Waals surface area contributed by atoms with E-state index in [9.17, 15) is 39.3 Å². The smallest absolute Gasteiger partial charge is 0.304 e. The van der Waals surface area contributed by atoms with Gasteiger partial charge in [-0.15, -0.1) is 0 Å². The highest BCUT2D eigenvalue weighted by Crippen LogP contribution is 2.35. The summed E-state index contributed by atoms with van der Waals surface area (Å²) in [6.45, 7) is 2.14. The molecule has 25 heavy (non-hydrogen) atoms. The molecule has 0 aromatic heterocycles. The molecule has 0 radical (unpaired) electrons. The van der Waals surface area contributed by atoms with Gasteiger partial charge in [-0.3, -0.25) is 24.0 Å². The number of rotatable bonds is 10. The number of carbonyl (C=O) groups is 5. The van der Waals surface area contributed by atoms with E-state index in [1.807, 2.05) is 0 Å². The Kier molecular flexibility index (Phi) is 7.71. The van der Waals surface area contributed by atoms with Gasteiger partial charge in [-0.25, -0.2) is 0 Å². The molecule has 10 nitrogen and oxygen atoms in total. The summed E-state index contributed by atoms with van der Waals surface area (Å²) in [5.41, 5.74) is -6.91. The van der Waals surface area contributed by atoms with Crippen LogP contribution in [0.1, 0.15) is 34.1 Å². The molecule has 0 saturated heterocycles. The van der Waals surface area contributed by atoms with Gasteiger partial charge in [0.05, 0.1) is 6.61 Å². The Morgan fingerprint density at radius 1 is 1.00 bits per heavy atom. The van der Waals surface area contributed by atoms with Crippen LogP contribution in [0.15, 0.2) is 0 Å². The lowest BCUT2D eigenvalue weighted by atomic mass is 9.68. The molecule has 0 heterocycles. The van der Waals surface area contributed by atoms with Gasteiger partial charge in [0.1, 0.15) is 12.2 Å². The zero-order valence-electron chi connectivity index (χ0n) is 14.3. The first-order chi connectivity index (χ1) is 11.3. The van der Waals surface area contributed by atoms with Crippen LogP contribution in [0.5, 0.6) is 0 Å². The third-order valence-electron chi connectivity index (χ3n) is 3.74. The highest BCUT2D eigenvalue weighted by atomic mass is 16.6. The number of hydrogen-bond donors (Lipinski definition) is 4. The predicted octanol–water partition coefficient (Wildman–Crippen LogP) is -2.54. The average Bonchev–Trinajstić information content (AvgIpc) is 2.55.